The van der Waals surface area contributed by atoms with Crippen molar-refractivity contribution in [2.45, 2.75) is 30.6 Å². The Morgan fingerprint density at radius 2 is 1.61 bits per heavy atom. The molecule has 118 valence electrons. The van der Waals surface area contributed by atoms with E-state index in [0.717, 1.165) is 31.4 Å². The van der Waals surface area contributed by atoms with Crippen LogP contribution in [0.1, 0.15) is 24.0 Å². The Morgan fingerprint density at radius 1 is 0.913 bits per heavy atom. The van der Waals surface area contributed by atoms with Crippen molar-refractivity contribution in [3.8, 4) is 0 Å². The quantitative estimate of drug-likeness (QED) is 0.940. The first kappa shape index (κ1) is 14.5. The molecule has 0 amide bonds. The SMILES string of the molecule is O=S(=O)(NC1=C2CCC1Cc1ccccc1C2)c1ccccc1. The molecular weight excluding hydrogens is 306 g/mol. The second-order valence-electron chi connectivity index (χ2n) is 6.32. The third kappa shape index (κ3) is 2.68. The zero-order chi connectivity index (χ0) is 15.9. The molecule has 3 nitrogen and oxygen atoms in total. The molecule has 0 heterocycles. The highest BCUT2D eigenvalue weighted by molar-refractivity contribution is 7.89. The molecule has 0 aromatic heterocycles. The summed E-state index contributed by atoms with van der Waals surface area (Å²) >= 11 is 0. The summed E-state index contributed by atoms with van der Waals surface area (Å²) in [6.45, 7) is 0. The van der Waals surface area contributed by atoms with Crippen LogP contribution < -0.4 is 4.72 Å². The Balaban J connectivity index is 1.68. The van der Waals surface area contributed by atoms with Gasteiger partial charge in [0.05, 0.1) is 4.90 Å². The van der Waals surface area contributed by atoms with E-state index in [0.29, 0.717) is 4.90 Å². The third-order valence-corrected chi connectivity index (χ3v) is 6.25. The fourth-order valence-corrected chi connectivity index (χ4v) is 4.92. The molecule has 23 heavy (non-hydrogen) atoms. The highest BCUT2D eigenvalue weighted by Crippen LogP contribution is 2.39. The highest BCUT2D eigenvalue weighted by Gasteiger charge is 2.32. The normalized spacial score (nSPS) is 20.1. The van der Waals surface area contributed by atoms with Crippen molar-refractivity contribution in [2.24, 2.45) is 5.92 Å². The largest absolute Gasteiger partial charge is 0.283 e. The van der Waals surface area contributed by atoms with E-state index in [4.69, 9.17) is 0 Å². The standard InChI is InChI=1S/C19H19NO2S/c21-23(22,18-8-2-1-3-9-18)20-19-16-10-11-17(19)13-15-7-5-4-6-14(15)12-16/h1-9,16,20H,10-13H2. The first-order chi connectivity index (χ1) is 11.1. The van der Waals surface area contributed by atoms with Crippen molar-refractivity contribution in [3.63, 3.8) is 0 Å². The number of hydrogen-bond acceptors (Lipinski definition) is 2. The van der Waals surface area contributed by atoms with Gasteiger partial charge in [0.25, 0.3) is 10.0 Å². The van der Waals surface area contributed by atoms with E-state index >= 15 is 0 Å². The second-order valence-corrected chi connectivity index (χ2v) is 8.00. The lowest BCUT2D eigenvalue weighted by atomic mass is 9.92. The molecule has 2 aliphatic carbocycles. The van der Waals surface area contributed by atoms with E-state index in [2.05, 4.69) is 29.0 Å². The van der Waals surface area contributed by atoms with Crippen LogP contribution in [0.3, 0.4) is 0 Å². The predicted octanol–water partition coefficient (Wildman–Crippen LogP) is 3.43. The maximum absolute atomic E-state index is 12.7. The minimum Gasteiger partial charge on any atom is -0.283 e. The number of fused-ring (bicyclic) bond motifs is 2. The summed E-state index contributed by atoms with van der Waals surface area (Å²) in [6, 6.07) is 17.1. The van der Waals surface area contributed by atoms with Crippen LogP contribution >= 0.6 is 0 Å². The van der Waals surface area contributed by atoms with Gasteiger partial charge in [0.15, 0.2) is 0 Å². The number of hydrogen-bond donors (Lipinski definition) is 1. The fraction of sp³-hybridized carbons (Fsp3) is 0.263. The summed E-state index contributed by atoms with van der Waals surface area (Å²) in [5, 5.41) is 0. The summed E-state index contributed by atoms with van der Waals surface area (Å²) in [4.78, 5) is 0.328. The van der Waals surface area contributed by atoms with Crippen molar-refractivity contribution in [1.29, 1.82) is 0 Å². The van der Waals surface area contributed by atoms with Gasteiger partial charge in [-0.15, -0.1) is 0 Å². The molecule has 4 rings (SSSR count). The zero-order valence-electron chi connectivity index (χ0n) is 12.8. The lowest BCUT2D eigenvalue weighted by Crippen LogP contribution is -2.27. The van der Waals surface area contributed by atoms with Crippen LogP contribution in [-0.2, 0) is 22.9 Å². The Bertz CT molecular complexity index is 869. The first-order valence-electron chi connectivity index (χ1n) is 8.00. The van der Waals surface area contributed by atoms with E-state index in [1.54, 1.807) is 24.3 Å². The molecule has 2 bridgehead atoms. The van der Waals surface area contributed by atoms with Gasteiger partial charge in [-0.3, -0.25) is 4.72 Å². The van der Waals surface area contributed by atoms with Crippen LogP contribution in [0.5, 0.6) is 0 Å². The minimum atomic E-state index is -3.50. The molecule has 1 N–H and O–H groups in total. The van der Waals surface area contributed by atoms with Gasteiger partial charge in [-0.05, 0) is 54.5 Å². The third-order valence-electron chi connectivity index (χ3n) is 4.87. The average Bonchev–Trinajstić information content (AvgIpc) is 2.82. The molecule has 0 aliphatic heterocycles. The molecule has 0 radical (unpaired) electrons. The van der Waals surface area contributed by atoms with Gasteiger partial charge in [-0.1, -0.05) is 42.5 Å². The number of nitrogens with one attached hydrogen (secondary N) is 1. The highest BCUT2D eigenvalue weighted by atomic mass is 32.2. The van der Waals surface area contributed by atoms with Crippen LogP contribution in [-0.4, -0.2) is 8.42 Å². The Morgan fingerprint density at radius 3 is 2.39 bits per heavy atom. The molecular formula is C19H19NO2S. The summed E-state index contributed by atoms with van der Waals surface area (Å²) in [7, 11) is -3.50. The molecule has 0 saturated carbocycles. The number of sulfonamides is 1. The minimum absolute atomic E-state index is 0.284. The predicted molar refractivity (Wildman–Crippen MR) is 90.4 cm³/mol. The Kier molecular flexibility index (Phi) is 3.49. The van der Waals surface area contributed by atoms with Gasteiger partial charge >= 0.3 is 0 Å². The summed E-state index contributed by atoms with van der Waals surface area (Å²) in [5.74, 6) is 0.284. The molecule has 2 aromatic rings. The molecule has 1 atom stereocenters. The van der Waals surface area contributed by atoms with Crippen molar-refractivity contribution in [2.75, 3.05) is 0 Å². The van der Waals surface area contributed by atoms with E-state index < -0.39 is 10.0 Å². The molecule has 0 spiro atoms. The zero-order valence-corrected chi connectivity index (χ0v) is 13.6. The van der Waals surface area contributed by atoms with E-state index in [-0.39, 0.29) is 5.92 Å². The van der Waals surface area contributed by atoms with Crippen LogP contribution in [0.25, 0.3) is 0 Å². The number of benzene rings is 2. The van der Waals surface area contributed by atoms with Crippen LogP contribution in [0, 0.1) is 5.92 Å². The molecule has 1 unspecified atom stereocenters. The van der Waals surface area contributed by atoms with Crippen LogP contribution in [0.2, 0.25) is 0 Å². The van der Waals surface area contributed by atoms with E-state index in [1.807, 2.05) is 6.07 Å². The molecule has 2 aliphatic rings. The summed E-state index contributed by atoms with van der Waals surface area (Å²) in [6.07, 6.45) is 3.81. The van der Waals surface area contributed by atoms with Gasteiger partial charge < -0.3 is 0 Å². The van der Waals surface area contributed by atoms with Crippen molar-refractivity contribution >= 4 is 10.0 Å². The van der Waals surface area contributed by atoms with Gasteiger partial charge in [-0.25, -0.2) is 8.42 Å². The van der Waals surface area contributed by atoms with Gasteiger partial charge in [-0.2, -0.15) is 0 Å². The van der Waals surface area contributed by atoms with E-state index in [1.165, 1.54) is 16.7 Å². The van der Waals surface area contributed by atoms with Gasteiger partial charge in [0, 0.05) is 11.6 Å². The van der Waals surface area contributed by atoms with E-state index in [9.17, 15) is 8.42 Å². The molecule has 0 saturated heterocycles. The van der Waals surface area contributed by atoms with Crippen LogP contribution in [0.4, 0.5) is 0 Å². The average molecular weight is 325 g/mol. The Hall–Kier alpha value is -2.07. The molecule has 4 heteroatoms. The second kappa shape index (κ2) is 5.53. The fourth-order valence-electron chi connectivity index (χ4n) is 3.69. The van der Waals surface area contributed by atoms with Crippen molar-refractivity contribution in [3.05, 3.63) is 77.0 Å². The maximum atomic E-state index is 12.7. The number of allylic oxidation sites excluding steroid dienone is 2. The van der Waals surface area contributed by atoms with Gasteiger partial charge in [0.1, 0.15) is 0 Å². The molecule has 2 aromatic carbocycles. The lowest BCUT2D eigenvalue weighted by Gasteiger charge is -2.17. The first-order valence-corrected chi connectivity index (χ1v) is 9.48. The topological polar surface area (TPSA) is 46.2 Å². The van der Waals surface area contributed by atoms with Gasteiger partial charge in [0.2, 0.25) is 0 Å². The van der Waals surface area contributed by atoms with Crippen molar-refractivity contribution < 1.29 is 8.42 Å². The lowest BCUT2D eigenvalue weighted by molar-refractivity contribution is 0.559. The van der Waals surface area contributed by atoms with Crippen molar-refractivity contribution in [1.82, 2.24) is 4.72 Å². The summed E-state index contributed by atoms with van der Waals surface area (Å²) in [5.41, 5.74) is 4.87. The molecule has 0 fully saturated rings. The number of rotatable bonds is 3. The van der Waals surface area contributed by atoms with Crippen LogP contribution in [0.15, 0.2) is 70.8 Å². The Labute approximate surface area is 137 Å². The smallest absolute Gasteiger partial charge is 0.261 e. The summed E-state index contributed by atoms with van der Waals surface area (Å²) < 4.78 is 28.2. The maximum Gasteiger partial charge on any atom is 0.261 e. The monoisotopic (exact) mass is 325 g/mol.